The second-order valence-electron chi connectivity index (χ2n) is 2.68. The van der Waals surface area contributed by atoms with Gasteiger partial charge in [0.15, 0.2) is 0 Å². The van der Waals surface area contributed by atoms with Gasteiger partial charge in [-0.05, 0) is 0 Å². The number of hydrogen-bond acceptors (Lipinski definition) is 0. The van der Waals surface area contributed by atoms with Crippen LogP contribution in [-0.2, 0) is 0 Å². The maximum atomic E-state index is 2.12. The minimum Gasteiger partial charge on any atom is -1.00 e. The Morgan fingerprint density at radius 3 is 0.875 bits per heavy atom. The molecule has 0 N–H and O–H groups in total. The molecule has 1 nitrogen and oxygen atoms in total. The first-order valence-electron chi connectivity index (χ1n) is 1.79. The second-order valence-corrected chi connectivity index (χ2v) is 2.68. The number of quaternary nitrogens is 1. The zero-order chi connectivity index (χ0) is 4.50. The Morgan fingerprint density at radius 1 is 0.875 bits per heavy atom. The number of rotatable bonds is 0. The molecule has 0 heterocycles. The zero-order valence-corrected chi connectivity index (χ0v) is 13.2. The van der Waals surface area contributed by atoms with E-state index in [4.69, 9.17) is 0 Å². The van der Waals surface area contributed by atoms with Gasteiger partial charge in [-0.2, -0.15) is 0 Å². The summed E-state index contributed by atoms with van der Waals surface area (Å²) in [5.41, 5.74) is 0. The summed E-state index contributed by atoms with van der Waals surface area (Å²) in [7, 11) is 8.50. The van der Waals surface area contributed by atoms with Crippen LogP contribution in [0.5, 0.6) is 0 Å². The van der Waals surface area contributed by atoms with Gasteiger partial charge in [0.25, 0.3) is 0 Å². The summed E-state index contributed by atoms with van der Waals surface area (Å²) in [4.78, 5) is 0. The molecule has 0 aromatic rings. The normalized spacial score (nSPS) is 7.50. The fourth-order valence-corrected chi connectivity index (χ4v) is 0. The van der Waals surface area contributed by atoms with Crippen molar-refractivity contribution in [3.63, 3.8) is 0 Å². The van der Waals surface area contributed by atoms with Gasteiger partial charge in [0, 0.05) is 0 Å². The largest absolute Gasteiger partial charge is 1.00 e. The molecule has 0 spiro atoms. The van der Waals surface area contributed by atoms with E-state index in [0.717, 1.165) is 4.48 Å². The molecule has 0 bridgehead atoms. The molecule has 0 unspecified atom stereocenters. The predicted molar refractivity (Wildman–Crippen MR) is 24.0 cm³/mol. The fraction of sp³-hybridized carbons (Fsp3) is 1.00. The van der Waals surface area contributed by atoms with Crippen molar-refractivity contribution >= 4 is 0 Å². The Kier molecular flexibility index (Phi) is 25.9. The van der Waals surface area contributed by atoms with E-state index in [1.807, 2.05) is 0 Å². The van der Waals surface area contributed by atoms with Crippen molar-refractivity contribution in [1.82, 2.24) is 0 Å². The van der Waals surface area contributed by atoms with E-state index in [1.54, 1.807) is 0 Å². The van der Waals surface area contributed by atoms with Gasteiger partial charge in [0.2, 0.25) is 0 Å². The molecular weight excluding hydrogens is 249 g/mol. The molecule has 0 saturated heterocycles. The van der Waals surface area contributed by atoms with E-state index in [9.17, 15) is 0 Å². The molecule has 0 aromatic carbocycles. The summed E-state index contributed by atoms with van der Waals surface area (Å²) >= 11 is 0. The van der Waals surface area contributed by atoms with Crippen LogP contribution in [0, 0.1) is 0 Å². The summed E-state index contributed by atoms with van der Waals surface area (Å²) < 4.78 is 1.00. The van der Waals surface area contributed by atoms with Gasteiger partial charge in [-0.25, -0.2) is 0 Å². The molecule has 0 radical (unpaired) electrons. The van der Waals surface area contributed by atoms with Crippen molar-refractivity contribution in [2.24, 2.45) is 0 Å². The van der Waals surface area contributed by atoms with Crippen molar-refractivity contribution < 1.29 is 90.5 Å². The second kappa shape index (κ2) is 9.23. The van der Waals surface area contributed by atoms with Crippen molar-refractivity contribution in [2.45, 2.75) is 0 Å². The van der Waals surface area contributed by atoms with Gasteiger partial charge in [0.1, 0.15) is 0 Å². The first-order valence-corrected chi connectivity index (χ1v) is 1.79. The van der Waals surface area contributed by atoms with Crippen LogP contribution in [0.3, 0.4) is 0 Å². The van der Waals surface area contributed by atoms with Gasteiger partial charge in [-0.15, -0.1) is 0 Å². The Hall–Kier alpha value is 2.23. The predicted octanol–water partition coefficient (Wildman–Crippen LogP) is -8.67. The fourth-order valence-electron chi connectivity index (χ4n) is 0. The van der Waals surface area contributed by atoms with Crippen molar-refractivity contribution in [1.29, 1.82) is 0 Å². The molecule has 8 heavy (non-hydrogen) atoms. The van der Waals surface area contributed by atoms with E-state index >= 15 is 0 Å². The molecule has 48 valence electrons. The van der Waals surface area contributed by atoms with Crippen LogP contribution in [0.15, 0.2) is 0 Å². The number of nitrogens with zero attached hydrogens (tertiary/aromatic N) is 1. The first kappa shape index (κ1) is 22.5. The Morgan fingerprint density at radius 2 is 0.875 bits per heavy atom. The first-order chi connectivity index (χ1) is 2.00. The summed E-state index contributed by atoms with van der Waals surface area (Å²) in [5.74, 6) is 0. The molecule has 0 aliphatic carbocycles. The average Bonchev–Trinajstić information content (AvgIpc) is 0.722. The third kappa shape index (κ3) is 86.4. The molecule has 0 aliphatic heterocycles. The smallest absolute Gasteiger partial charge is 1.00 e. The standard InChI is InChI=1S/C4H12N.ClH.Cs.FH/c1-5(2,3)4;;;/h1-4H3;1H;;1H/q+1;;+1;/p-2. The Balaban J connectivity index is -0.0000000267. The zero-order valence-electron chi connectivity index (χ0n) is 6.20. The van der Waals surface area contributed by atoms with E-state index in [0.29, 0.717) is 0 Å². The summed E-state index contributed by atoms with van der Waals surface area (Å²) in [6.07, 6.45) is 0. The topological polar surface area (TPSA) is 0 Å². The minimum atomic E-state index is 0. The van der Waals surface area contributed by atoms with Gasteiger partial charge in [0.05, 0.1) is 28.2 Å². The van der Waals surface area contributed by atoms with Crippen LogP contribution in [-0.4, -0.2) is 32.7 Å². The molecule has 0 amide bonds. The van der Waals surface area contributed by atoms with Crippen LogP contribution < -0.4 is 86.0 Å². The van der Waals surface area contributed by atoms with Crippen molar-refractivity contribution in [2.75, 3.05) is 28.2 Å². The van der Waals surface area contributed by atoms with E-state index in [-0.39, 0.29) is 86.0 Å². The quantitative estimate of drug-likeness (QED) is 0.380. The average molecular weight is 262 g/mol. The Labute approximate surface area is 116 Å². The SMILES string of the molecule is C[N+](C)(C)C.[Cl-].[Cs+].[F-]. The monoisotopic (exact) mass is 261 g/mol. The number of halogens is 2. The molecule has 0 fully saturated rings. The summed E-state index contributed by atoms with van der Waals surface area (Å²) in [6, 6.07) is 0. The van der Waals surface area contributed by atoms with Gasteiger partial charge in [-0.3, -0.25) is 0 Å². The van der Waals surface area contributed by atoms with E-state index < -0.39 is 0 Å². The molecule has 0 atom stereocenters. The van der Waals surface area contributed by atoms with Crippen molar-refractivity contribution in [3.8, 4) is 0 Å². The van der Waals surface area contributed by atoms with Crippen LogP contribution in [0.2, 0.25) is 0 Å². The molecule has 0 aromatic heterocycles. The van der Waals surface area contributed by atoms with E-state index in [1.165, 1.54) is 0 Å². The van der Waals surface area contributed by atoms with Crippen molar-refractivity contribution in [3.05, 3.63) is 0 Å². The van der Waals surface area contributed by atoms with Crippen LogP contribution in [0.1, 0.15) is 0 Å². The maximum absolute atomic E-state index is 2.12. The molecule has 4 heteroatoms. The molecule has 0 rings (SSSR count). The van der Waals surface area contributed by atoms with E-state index in [2.05, 4.69) is 28.2 Å². The Bertz CT molecular complexity index is 31.5. The van der Waals surface area contributed by atoms with Crippen LogP contribution in [0.25, 0.3) is 0 Å². The number of hydrogen-bond donors (Lipinski definition) is 0. The molecule has 0 aliphatic rings. The summed E-state index contributed by atoms with van der Waals surface area (Å²) in [6.45, 7) is 0. The third-order valence-electron chi connectivity index (χ3n) is 0. The van der Waals surface area contributed by atoms with Crippen LogP contribution in [0.4, 0.5) is 0 Å². The molecular formula is C4H12ClCsFN. The maximum Gasteiger partial charge on any atom is 1.00 e. The third-order valence-corrected chi connectivity index (χ3v) is 0. The molecule has 0 saturated carbocycles. The minimum absolute atomic E-state index is 0. The van der Waals surface area contributed by atoms with Gasteiger partial charge >= 0.3 is 68.9 Å². The van der Waals surface area contributed by atoms with Gasteiger partial charge in [-0.1, -0.05) is 0 Å². The van der Waals surface area contributed by atoms with Gasteiger partial charge < -0.3 is 21.6 Å². The van der Waals surface area contributed by atoms with Crippen LogP contribution >= 0.6 is 0 Å². The summed E-state index contributed by atoms with van der Waals surface area (Å²) in [5, 5.41) is 0.